The molecule has 4 nitrogen and oxygen atoms in total. The van der Waals surface area contributed by atoms with Gasteiger partial charge >= 0.3 is 5.97 Å². The number of hydrogen-bond donors (Lipinski definition) is 0. The molecule has 0 atom stereocenters. The number of benzene rings is 1. The van der Waals surface area contributed by atoms with Gasteiger partial charge in [-0.05, 0) is 42.8 Å². The molecule has 0 unspecified atom stereocenters. The molecule has 4 heteroatoms. The summed E-state index contributed by atoms with van der Waals surface area (Å²) in [6.07, 6.45) is 0.744. The molecule has 20 heavy (non-hydrogen) atoms. The second kappa shape index (κ2) is 4.96. The summed E-state index contributed by atoms with van der Waals surface area (Å²) in [5.41, 5.74) is 4.24. The molecule has 1 aromatic carbocycles. The molecule has 1 aliphatic heterocycles. The van der Waals surface area contributed by atoms with E-state index in [0.29, 0.717) is 12.2 Å². The molecule has 0 bridgehead atoms. The first-order valence-corrected chi connectivity index (χ1v) is 6.51. The molecule has 0 amide bonds. The quantitative estimate of drug-likeness (QED) is 0.787. The van der Waals surface area contributed by atoms with Crippen LogP contribution in [0, 0.1) is 6.92 Å². The molecule has 0 aliphatic carbocycles. The highest BCUT2D eigenvalue weighted by molar-refractivity contribution is 5.93. The Hall–Kier alpha value is -2.36. The third kappa shape index (κ3) is 2.13. The fraction of sp³-hybridized carbons (Fsp3) is 0.250. The summed E-state index contributed by atoms with van der Waals surface area (Å²) in [5, 5.41) is 0. The number of carbonyl (C=O) groups is 1. The summed E-state index contributed by atoms with van der Waals surface area (Å²) < 4.78 is 10.2. The second-order valence-corrected chi connectivity index (χ2v) is 4.74. The predicted octanol–water partition coefficient (Wildman–Crippen LogP) is 2.78. The Morgan fingerprint density at radius 2 is 2.00 bits per heavy atom. The molecule has 3 rings (SSSR count). The molecule has 0 saturated heterocycles. The highest BCUT2D eigenvalue weighted by atomic mass is 16.5. The van der Waals surface area contributed by atoms with E-state index in [1.54, 1.807) is 7.11 Å². The van der Waals surface area contributed by atoms with Crippen LogP contribution in [0.2, 0.25) is 0 Å². The standard InChI is InChI=1S/C16H15NO3/c1-10-15-12(7-8-20-16(15)18)9-14(17-10)11-3-5-13(19-2)6-4-11/h3-6,9H,7-8H2,1-2H3. The Morgan fingerprint density at radius 3 is 2.70 bits per heavy atom. The minimum atomic E-state index is -0.266. The van der Waals surface area contributed by atoms with Crippen LogP contribution in [0.25, 0.3) is 11.3 Å². The zero-order valence-corrected chi connectivity index (χ0v) is 11.5. The molecule has 102 valence electrons. The number of esters is 1. The lowest BCUT2D eigenvalue weighted by molar-refractivity contribution is 0.0478. The first-order chi connectivity index (χ1) is 9.69. The minimum absolute atomic E-state index is 0.266. The fourth-order valence-electron chi connectivity index (χ4n) is 2.45. The summed E-state index contributed by atoms with van der Waals surface area (Å²) in [6.45, 7) is 2.29. The van der Waals surface area contributed by atoms with E-state index in [-0.39, 0.29) is 5.97 Å². The van der Waals surface area contributed by atoms with E-state index in [0.717, 1.165) is 34.7 Å². The summed E-state index contributed by atoms with van der Waals surface area (Å²) >= 11 is 0. The van der Waals surface area contributed by atoms with Crippen LogP contribution in [0.4, 0.5) is 0 Å². The van der Waals surface area contributed by atoms with Gasteiger partial charge in [0.05, 0.1) is 30.7 Å². The monoisotopic (exact) mass is 269 g/mol. The lowest BCUT2D eigenvalue weighted by Crippen LogP contribution is -2.20. The zero-order chi connectivity index (χ0) is 14.1. The van der Waals surface area contributed by atoms with Crippen LogP contribution in [-0.2, 0) is 11.2 Å². The number of methoxy groups -OCH3 is 1. The average Bonchev–Trinajstić information content (AvgIpc) is 2.47. The summed E-state index contributed by atoms with van der Waals surface area (Å²) in [4.78, 5) is 16.3. The molecule has 0 saturated carbocycles. The van der Waals surface area contributed by atoms with Crippen LogP contribution in [0.1, 0.15) is 21.6 Å². The van der Waals surface area contributed by atoms with Gasteiger partial charge in [0.1, 0.15) is 5.75 Å². The van der Waals surface area contributed by atoms with E-state index in [4.69, 9.17) is 9.47 Å². The van der Waals surface area contributed by atoms with Crippen molar-refractivity contribution in [2.45, 2.75) is 13.3 Å². The van der Waals surface area contributed by atoms with E-state index >= 15 is 0 Å². The number of rotatable bonds is 2. The van der Waals surface area contributed by atoms with Gasteiger partial charge in [-0.1, -0.05) is 0 Å². The summed E-state index contributed by atoms with van der Waals surface area (Å²) in [6, 6.07) is 9.72. The lowest BCUT2D eigenvalue weighted by Gasteiger charge is -2.18. The maximum atomic E-state index is 11.8. The van der Waals surface area contributed by atoms with Crippen molar-refractivity contribution in [3.63, 3.8) is 0 Å². The van der Waals surface area contributed by atoms with Gasteiger partial charge in [-0.15, -0.1) is 0 Å². The first-order valence-electron chi connectivity index (χ1n) is 6.51. The molecule has 0 radical (unpaired) electrons. The van der Waals surface area contributed by atoms with Gasteiger partial charge in [0, 0.05) is 12.0 Å². The number of aryl methyl sites for hydroxylation is 1. The number of carbonyl (C=O) groups excluding carboxylic acids is 1. The van der Waals surface area contributed by atoms with E-state index < -0.39 is 0 Å². The van der Waals surface area contributed by atoms with Crippen molar-refractivity contribution < 1.29 is 14.3 Å². The van der Waals surface area contributed by atoms with Crippen molar-refractivity contribution in [2.24, 2.45) is 0 Å². The van der Waals surface area contributed by atoms with Crippen molar-refractivity contribution in [3.05, 3.63) is 47.2 Å². The number of ether oxygens (including phenoxy) is 2. The topological polar surface area (TPSA) is 48.4 Å². The molecule has 1 aliphatic rings. The van der Waals surface area contributed by atoms with Crippen LogP contribution in [-0.4, -0.2) is 24.7 Å². The highest BCUT2D eigenvalue weighted by Crippen LogP contribution is 2.26. The maximum Gasteiger partial charge on any atom is 0.340 e. The number of fused-ring (bicyclic) bond motifs is 1. The Kier molecular flexibility index (Phi) is 3.14. The van der Waals surface area contributed by atoms with Crippen molar-refractivity contribution >= 4 is 5.97 Å². The van der Waals surface area contributed by atoms with Crippen LogP contribution in [0.3, 0.4) is 0 Å². The first kappa shape index (κ1) is 12.7. The highest BCUT2D eigenvalue weighted by Gasteiger charge is 2.22. The molecular formula is C16H15NO3. The van der Waals surface area contributed by atoms with E-state index in [1.165, 1.54) is 0 Å². The Morgan fingerprint density at radius 1 is 1.25 bits per heavy atom. The minimum Gasteiger partial charge on any atom is -0.497 e. The van der Waals surface area contributed by atoms with Gasteiger partial charge in [0.15, 0.2) is 0 Å². The van der Waals surface area contributed by atoms with Gasteiger partial charge in [-0.2, -0.15) is 0 Å². The van der Waals surface area contributed by atoms with Gasteiger partial charge in [-0.3, -0.25) is 4.98 Å². The third-order valence-corrected chi connectivity index (χ3v) is 3.48. The van der Waals surface area contributed by atoms with E-state index in [1.807, 2.05) is 37.3 Å². The predicted molar refractivity (Wildman–Crippen MR) is 74.9 cm³/mol. The number of hydrogen-bond acceptors (Lipinski definition) is 4. The third-order valence-electron chi connectivity index (χ3n) is 3.48. The molecule has 0 spiro atoms. The van der Waals surface area contributed by atoms with Crippen molar-refractivity contribution in [2.75, 3.05) is 13.7 Å². The molecule has 0 N–H and O–H groups in total. The second-order valence-electron chi connectivity index (χ2n) is 4.74. The average molecular weight is 269 g/mol. The molecule has 1 aromatic heterocycles. The Balaban J connectivity index is 2.06. The Labute approximate surface area is 117 Å². The zero-order valence-electron chi connectivity index (χ0n) is 11.5. The smallest absolute Gasteiger partial charge is 0.340 e. The van der Waals surface area contributed by atoms with Crippen LogP contribution in [0.15, 0.2) is 30.3 Å². The Bertz CT molecular complexity index is 662. The number of pyridine rings is 1. The van der Waals surface area contributed by atoms with Crippen LogP contribution in [0.5, 0.6) is 5.75 Å². The normalized spacial score (nSPS) is 13.6. The largest absolute Gasteiger partial charge is 0.497 e. The van der Waals surface area contributed by atoms with Crippen molar-refractivity contribution in [3.8, 4) is 17.0 Å². The van der Waals surface area contributed by atoms with Crippen LogP contribution < -0.4 is 4.74 Å². The summed E-state index contributed by atoms with van der Waals surface area (Å²) in [5.74, 6) is 0.546. The van der Waals surface area contributed by atoms with Crippen LogP contribution >= 0.6 is 0 Å². The van der Waals surface area contributed by atoms with Gasteiger partial charge < -0.3 is 9.47 Å². The molecular weight excluding hydrogens is 254 g/mol. The molecule has 2 aromatic rings. The lowest BCUT2D eigenvalue weighted by atomic mass is 9.99. The number of nitrogens with zero attached hydrogens (tertiary/aromatic N) is 1. The van der Waals surface area contributed by atoms with Gasteiger partial charge in [0.25, 0.3) is 0 Å². The maximum absolute atomic E-state index is 11.8. The fourth-order valence-corrected chi connectivity index (χ4v) is 2.45. The van der Waals surface area contributed by atoms with Gasteiger partial charge in [-0.25, -0.2) is 4.79 Å². The number of aromatic nitrogens is 1. The molecule has 2 heterocycles. The van der Waals surface area contributed by atoms with E-state index in [2.05, 4.69) is 4.98 Å². The van der Waals surface area contributed by atoms with Crippen molar-refractivity contribution in [1.82, 2.24) is 4.98 Å². The van der Waals surface area contributed by atoms with Crippen molar-refractivity contribution in [1.29, 1.82) is 0 Å². The van der Waals surface area contributed by atoms with E-state index in [9.17, 15) is 4.79 Å². The van der Waals surface area contributed by atoms with Gasteiger partial charge in [0.2, 0.25) is 0 Å². The summed E-state index contributed by atoms with van der Waals surface area (Å²) in [7, 11) is 1.64. The molecule has 0 fully saturated rings. The SMILES string of the molecule is COc1ccc(-c2cc3c(c(C)n2)C(=O)OCC3)cc1. The number of cyclic esters (lactones) is 1.